The van der Waals surface area contributed by atoms with E-state index in [2.05, 4.69) is 29.6 Å². The van der Waals surface area contributed by atoms with Crippen LogP contribution in [0, 0.1) is 0 Å². The molecule has 114 valence electrons. The second-order valence-corrected chi connectivity index (χ2v) is 5.94. The van der Waals surface area contributed by atoms with E-state index in [0.717, 1.165) is 44.6 Å². The lowest BCUT2D eigenvalue weighted by Gasteiger charge is -2.35. The van der Waals surface area contributed by atoms with Crippen molar-refractivity contribution < 1.29 is 9.53 Å². The van der Waals surface area contributed by atoms with Crippen molar-refractivity contribution in [3.63, 3.8) is 0 Å². The van der Waals surface area contributed by atoms with Gasteiger partial charge in [0, 0.05) is 37.8 Å². The summed E-state index contributed by atoms with van der Waals surface area (Å²) in [6, 6.07) is 8.94. The molecular weight excluding hydrogens is 264 g/mol. The molecule has 0 atom stereocenters. The lowest BCUT2D eigenvalue weighted by molar-refractivity contribution is -0.117. The summed E-state index contributed by atoms with van der Waals surface area (Å²) in [5.41, 5.74) is 2.30. The quantitative estimate of drug-likeness (QED) is 0.874. The third-order valence-corrected chi connectivity index (χ3v) is 4.41. The lowest BCUT2D eigenvalue weighted by atomic mass is 9.89. The van der Waals surface area contributed by atoms with Gasteiger partial charge in [-0.05, 0) is 43.9 Å². The molecule has 4 heteroatoms. The van der Waals surface area contributed by atoms with Crippen LogP contribution in [-0.2, 0) is 16.1 Å². The van der Waals surface area contributed by atoms with Gasteiger partial charge in [0.25, 0.3) is 0 Å². The van der Waals surface area contributed by atoms with Crippen LogP contribution in [-0.4, -0.2) is 31.2 Å². The summed E-state index contributed by atoms with van der Waals surface area (Å²) in [6.07, 6.45) is 4.36. The normalized spacial score (nSPS) is 25.2. The van der Waals surface area contributed by atoms with Crippen molar-refractivity contribution in [3.05, 3.63) is 29.8 Å². The molecule has 1 aromatic carbocycles. The second-order valence-electron chi connectivity index (χ2n) is 5.94. The zero-order valence-corrected chi connectivity index (χ0v) is 12.7. The number of anilines is 1. The van der Waals surface area contributed by atoms with Crippen LogP contribution in [0.3, 0.4) is 0 Å². The maximum absolute atomic E-state index is 11.7. The Labute approximate surface area is 126 Å². The summed E-state index contributed by atoms with van der Waals surface area (Å²) in [4.78, 5) is 13.6. The van der Waals surface area contributed by atoms with E-state index in [1.54, 1.807) is 0 Å². The smallest absolute Gasteiger partial charge is 0.227 e. The first-order valence-electron chi connectivity index (χ1n) is 8.00. The molecule has 1 aromatic rings. The summed E-state index contributed by atoms with van der Waals surface area (Å²) in [5.74, 6) is 0.248. The van der Waals surface area contributed by atoms with E-state index in [1.165, 1.54) is 5.56 Å². The number of rotatable bonds is 6. The maximum atomic E-state index is 11.7. The van der Waals surface area contributed by atoms with Gasteiger partial charge in [-0.3, -0.25) is 4.79 Å². The summed E-state index contributed by atoms with van der Waals surface area (Å²) in [6.45, 7) is 4.61. The molecule has 2 fully saturated rings. The highest BCUT2D eigenvalue weighted by Crippen LogP contribution is 2.24. The Bertz CT molecular complexity index is 480. The number of nitrogens with one attached hydrogen (secondary N) is 1. The summed E-state index contributed by atoms with van der Waals surface area (Å²) >= 11 is 0. The van der Waals surface area contributed by atoms with E-state index in [4.69, 9.17) is 4.74 Å². The van der Waals surface area contributed by atoms with Gasteiger partial charge in [0.05, 0.1) is 6.10 Å². The van der Waals surface area contributed by atoms with Crippen molar-refractivity contribution in [1.82, 2.24) is 5.32 Å². The van der Waals surface area contributed by atoms with Gasteiger partial charge in [0.1, 0.15) is 0 Å². The minimum atomic E-state index is 0.248. The van der Waals surface area contributed by atoms with Crippen molar-refractivity contribution in [2.24, 2.45) is 0 Å². The van der Waals surface area contributed by atoms with E-state index in [9.17, 15) is 4.79 Å². The first kappa shape index (κ1) is 14.5. The predicted octanol–water partition coefficient (Wildman–Crippen LogP) is 2.47. The molecule has 1 N–H and O–H groups in total. The van der Waals surface area contributed by atoms with E-state index in [1.807, 2.05) is 11.8 Å². The number of amides is 1. The van der Waals surface area contributed by atoms with Gasteiger partial charge < -0.3 is 15.0 Å². The van der Waals surface area contributed by atoms with Crippen LogP contribution in [0.1, 0.15) is 38.2 Å². The van der Waals surface area contributed by atoms with Crippen molar-refractivity contribution in [3.8, 4) is 0 Å². The van der Waals surface area contributed by atoms with Gasteiger partial charge in [-0.25, -0.2) is 0 Å². The van der Waals surface area contributed by atoms with Crippen LogP contribution in [0.15, 0.2) is 24.3 Å². The van der Waals surface area contributed by atoms with Crippen molar-refractivity contribution >= 4 is 11.6 Å². The topological polar surface area (TPSA) is 41.6 Å². The number of hydrogen-bond acceptors (Lipinski definition) is 3. The van der Waals surface area contributed by atoms with Gasteiger partial charge in [-0.2, -0.15) is 0 Å². The molecule has 0 radical (unpaired) electrons. The Morgan fingerprint density at radius 1 is 1.29 bits per heavy atom. The number of nitrogens with zero attached hydrogens (tertiary/aromatic N) is 1. The zero-order valence-electron chi connectivity index (χ0n) is 12.7. The van der Waals surface area contributed by atoms with Crippen LogP contribution in [0.5, 0.6) is 0 Å². The minimum absolute atomic E-state index is 0.248. The summed E-state index contributed by atoms with van der Waals surface area (Å²) in [7, 11) is 0. The van der Waals surface area contributed by atoms with Crippen LogP contribution >= 0.6 is 0 Å². The van der Waals surface area contributed by atoms with Crippen molar-refractivity contribution in [2.45, 2.75) is 51.3 Å². The van der Waals surface area contributed by atoms with Gasteiger partial charge >= 0.3 is 0 Å². The summed E-state index contributed by atoms with van der Waals surface area (Å²) < 4.78 is 5.57. The Morgan fingerprint density at radius 3 is 2.67 bits per heavy atom. The molecule has 2 aliphatic rings. The predicted molar refractivity (Wildman–Crippen MR) is 83.3 cm³/mol. The molecule has 4 nitrogen and oxygen atoms in total. The standard InChI is InChI=1S/C17H24N2O2/c1-2-21-16-10-14(11-16)18-12-13-5-7-15(8-6-13)19-9-3-4-17(19)20/h5-8,14,16,18H,2-4,9-12H2,1H3. The van der Waals surface area contributed by atoms with E-state index in [-0.39, 0.29) is 5.91 Å². The molecule has 0 unspecified atom stereocenters. The van der Waals surface area contributed by atoms with Gasteiger partial charge in [-0.15, -0.1) is 0 Å². The zero-order chi connectivity index (χ0) is 14.7. The molecule has 1 saturated carbocycles. The highest BCUT2D eigenvalue weighted by atomic mass is 16.5. The van der Waals surface area contributed by atoms with Gasteiger partial charge in [0.15, 0.2) is 0 Å². The largest absolute Gasteiger partial charge is 0.378 e. The average molecular weight is 288 g/mol. The fourth-order valence-electron chi connectivity index (χ4n) is 3.08. The van der Waals surface area contributed by atoms with Gasteiger partial charge in [0.2, 0.25) is 5.91 Å². The minimum Gasteiger partial charge on any atom is -0.378 e. The third-order valence-electron chi connectivity index (χ3n) is 4.41. The molecule has 0 aromatic heterocycles. The Balaban J connectivity index is 1.46. The van der Waals surface area contributed by atoms with E-state index < -0.39 is 0 Å². The third kappa shape index (κ3) is 3.44. The van der Waals surface area contributed by atoms with Crippen LogP contribution < -0.4 is 10.2 Å². The molecule has 1 amide bonds. The molecule has 0 bridgehead atoms. The number of carbonyl (C=O) groups excluding carboxylic acids is 1. The average Bonchev–Trinajstić information content (AvgIpc) is 2.88. The Morgan fingerprint density at radius 2 is 2.05 bits per heavy atom. The fraction of sp³-hybridized carbons (Fsp3) is 0.588. The van der Waals surface area contributed by atoms with E-state index >= 15 is 0 Å². The highest BCUT2D eigenvalue weighted by Gasteiger charge is 2.28. The summed E-state index contributed by atoms with van der Waals surface area (Å²) in [5, 5.41) is 3.56. The van der Waals surface area contributed by atoms with Gasteiger partial charge in [-0.1, -0.05) is 12.1 Å². The second kappa shape index (κ2) is 6.58. The number of carbonyl (C=O) groups is 1. The first-order chi connectivity index (χ1) is 10.3. The van der Waals surface area contributed by atoms with Crippen LogP contribution in [0.25, 0.3) is 0 Å². The Kier molecular flexibility index (Phi) is 4.56. The molecular formula is C17H24N2O2. The maximum Gasteiger partial charge on any atom is 0.227 e. The fourth-order valence-corrected chi connectivity index (χ4v) is 3.08. The molecule has 1 aliphatic heterocycles. The molecule has 0 spiro atoms. The monoisotopic (exact) mass is 288 g/mol. The number of hydrogen-bond donors (Lipinski definition) is 1. The molecule has 1 heterocycles. The Hall–Kier alpha value is -1.39. The highest BCUT2D eigenvalue weighted by molar-refractivity contribution is 5.95. The van der Waals surface area contributed by atoms with Crippen molar-refractivity contribution in [1.29, 1.82) is 0 Å². The molecule has 1 saturated heterocycles. The first-order valence-corrected chi connectivity index (χ1v) is 8.00. The number of ether oxygens (including phenoxy) is 1. The van der Waals surface area contributed by atoms with Crippen molar-refractivity contribution in [2.75, 3.05) is 18.1 Å². The lowest BCUT2D eigenvalue weighted by Crippen LogP contribution is -2.45. The van der Waals surface area contributed by atoms with Crippen LogP contribution in [0.4, 0.5) is 5.69 Å². The van der Waals surface area contributed by atoms with Crippen LogP contribution in [0.2, 0.25) is 0 Å². The SMILES string of the molecule is CCOC1CC(NCc2ccc(N3CCCC3=O)cc2)C1. The molecule has 1 aliphatic carbocycles. The van der Waals surface area contributed by atoms with E-state index in [0.29, 0.717) is 18.6 Å². The number of benzene rings is 1. The molecule has 21 heavy (non-hydrogen) atoms. The molecule has 3 rings (SSSR count).